The van der Waals surface area contributed by atoms with Crippen molar-refractivity contribution in [2.75, 3.05) is 13.1 Å². The average Bonchev–Trinajstić information content (AvgIpc) is 3.36. The molecule has 0 atom stereocenters. The highest BCUT2D eigenvalue weighted by atomic mass is 32.1. The van der Waals surface area contributed by atoms with Crippen molar-refractivity contribution in [3.63, 3.8) is 0 Å². The summed E-state index contributed by atoms with van der Waals surface area (Å²) >= 11 is 1.41. The van der Waals surface area contributed by atoms with E-state index in [9.17, 15) is 14.4 Å². The van der Waals surface area contributed by atoms with Gasteiger partial charge in [0.2, 0.25) is 17.6 Å². The molecule has 1 aliphatic heterocycles. The highest BCUT2D eigenvalue weighted by Crippen LogP contribution is 2.22. The number of carbonyl (C=O) groups is 2. The van der Waals surface area contributed by atoms with Crippen LogP contribution in [-0.2, 0) is 22.6 Å². The standard InChI is InChI=1S/C20H26N6O3S/c1-12(2)11-25-19(29)17-14(7-10-30-17)26-15(22-23-20(25)26)3-4-16(27)24-8-5-13(6-9-24)18(21)28/h7,10,12-13H,3-6,8-9,11H2,1-2H3,(H2,21,28). The van der Waals surface area contributed by atoms with Crippen molar-refractivity contribution in [1.29, 1.82) is 0 Å². The molecule has 2 amide bonds. The zero-order valence-corrected chi connectivity index (χ0v) is 18.0. The molecule has 160 valence electrons. The second kappa shape index (κ2) is 8.17. The SMILES string of the molecule is CC(C)Cn1c(=O)c2sccc2n2c(CCC(=O)N3CCC(C(N)=O)CC3)nnc12. The molecule has 0 bridgehead atoms. The highest BCUT2D eigenvalue weighted by Gasteiger charge is 2.26. The minimum atomic E-state index is -0.288. The van der Waals surface area contributed by atoms with Gasteiger partial charge in [-0.3, -0.25) is 23.4 Å². The summed E-state index contributed by atoms with van der Waals surface area (Å²) in [4.78, 5) is 38.7. The van der Waals surface area contributed by atoms with E-state index in [0.29, 0.717) is 61.6 Å². The fourth-order valence-electron chi connectivity index (χ4n) is 4.06. The molecule has 10 heteroatoms. The summed E-state index contributed by atoms with van der Waals surface area (Å²) in [6.07, 6.45) is 1.97. The first-order valence-electron chi connectivity index (χ1n) is 10.3. The largest absolute Gasteiger partial charge is 0.369 e. The third-order valence-corrected chi connectivity index (χ3v) is 6.53. The van der Waals surface area contributed by atoms with Gasteiger partial charge in [-0.25, -0.2) is 0 Å². The topological polar surface area (TPSA) is 116 Å². The molecule has 0 spiro atoms. The Bertz CT molecular complexity index is 1150. The molecule has 0 aromatic carbocycles. The van der Waals surface area contributed by atoms with Crippen LogP contribution in [0.5, 0.6) is 0 Å². The predicted molar refractivity (Wildman–Crippen MR) is 114 cm³/mol. The van der Waals surface area contributed by atoms with Crippen LogP contribution in [0.2, 0.25) is 0 Å². The summed E-state index contributed by atoms with van der Waals surface area (Å²) in [6.45, 7) is 5.77. The lowest BCUT2D eigenvalue weighted by Crippen LogP contribution is -2.41. The number of fused-ring (bicyclic) bond motifs is 3. The van der Waals surface area contributed by atoms with Crippen LogP contribution < -0.4 is 11.3 Å². The molecule has 4 heterocycles. The van der Waals surface area contributed by atoms with Gasteiger partial charge in [-0.15, -0.1) is 21.5 Å². The van der Waals surface area contributed by atoms with Gasteiger partial charge in [-0.2, -0.15) is 0 Å². The first-order valence-corrected chi connectivity index (χ1v) is 11.2. The Labute approximate surface area is 177 Å². The molecule has 1 aliphatic rings. The van der Waals surface area contributed by atoms with Crippen molar-refractivity contribution in [2.45, 2.75) is 46.1 Å². The van der Waals surface area contributed by atoms with Crippen LogP contribution in [0.1, 0.15) is 38.9 Å². The number of hydrogen-bond acceptors (Lipinski definition) is 6. The molecule has 0 radical (unpaired) electrons. The molecule has 3 aromatic rings. The normalized spacial score (nSPS) is 15.5. The van der Waals surface area contributed by atoms with E-state index in [1.54, 1.807) is 9.47 Å². The Balaban J connectivity index is 1.57. The summed E-state index contributed by atoms with van der Waals surface area (Å²) in [5.74, 6) is 1.08. The maximum Gasteiger partial charge on any atom is 0.272 e. The summed E-state index contributed by atoms with van der Waals surface area (Å²) in [5.41, 5.74) is 6.11. The van der Waals surface area contributed by atoms with Gasteiger partial charge in [0, 0.05) is 38.4 Å². The zero-order valence-electron chi connectivity index (χ0n) is 17.2. The second-order valence-electron chi connectivity index (χ2n) is 8.25. The maximum atomic E-state index is 12.9. The molecule has 1 fully saturated rings. The first-order chi connectivity index (χ1) is 14.4. The lowest BCUT2D eigenvalue weighted by molar-refractivity contribution is -0.134. The quantitative estimate of drug-likeness (QED) is 0.635. The Kier molecular flexibility index (Phi) is 5.59. The van der Waals surface area contributed by atoms with E-state index >= 15 is 0 Å². The van der Waals surface area contributed by atoms with E-state index in [1.165, 1.54) is 11.3 Å². The van der Waals surface area contributed by atoms with Gasteiger partial charge >= 0.3 is 0 Å². The number of piperidine rings is 1. The van der Waals surface area contributed by atoms with Crippen LogP contribution in [0, 0.1) is 11.8 Å². The van der Waals surface area contributed by atoms with Gasteiger partial charge in [0.1, 0.15) is 10.5 Å². The van der Waals surface area contributed by atoms with Gasteiger partial charge in [-0.1, -0.05) is 13.8 Å². The number of nitrogens with two attached hydrogens (primary N) is 1. The number of thiophene rings is 1. The van der Waals surface area contributed by atoms with Gasteiger partial charge in [0.05, 0.1) is 5.52 Å². The fraction of sp³-hybridized carbons (Fsp3) is 0.550. The first kappa shape index (κ1) is 20.5. The Morgan fingerprint density at radius 2 is 2.00 bits per heavy atom. The van der Waals surface area contributed by atoms with E-state index in [0.717, 1.165) is 5.52 Å². The zero-order chi connectivity index (χ0) is 21.4. The molecular formula is C20H26N6O3S. The minimum absolute atomic E-state index is 0.0340. The molecule has 30 heavy (non-hydrogen) atoms. The number of aromatic nitrogens is 4. The van der Waals surface area contributed by atoms with Crippen LogP contribution in [0.4, 0.5) is 0 Å². The van der Waals surface area contributed by atoms with Crippen LogP contribution >= 0.6 is 11.3 Å². The molecule has 2 N–H and O–H groups in total. The Morgan fingerprint density at radius 3 is 2.67 bits per heavy atom. The van der Waals surface area contributed by atoms with Crippen LogP contribution in [0.15, 0.2) is 16.2 Å². The number of carbonyl (C=O) groups excluding carboxylic acids is 2. The third-order valence-electron chi connectivity index (χ3n) is 5.64. The van der Waals surface area contributed by atoms with Crippen molar-refractivity contribution in [3.05, 3.63) is 27.6 Å². The molecule has 0 saturated carbocycles. The number of nitrogens with zero attached hydrogens (tertiary/aromatic N) is 5. The van der Waals surface area contributed by atoms with Crippen molar-refractivity contribution >= 4 is 39.1 Å². The van der Waals surface area contributed by atoms with Crippen molar-refractivity contribution in [1.82, 2.24) is 24.1 Å². The smallest absolute Gasteiger partial charge is 0.272 e. The third kappa shape index (κ3) is 3.71. The summed E-state index contributed by atoms with van der Waals surface area (Å²) < 4.78 is 4.25. The molecule has 0 unspecified atom stereocenters. The summed E-state index contributed by atoms with van der Waals surface area (Å²) in [7, 11) is 0. The number of aryl methyl sites for hydroxylation is 1. The summed E-state index contributed by atoms with van der Waals surface area (Å²) in [6, 6.07) is 1.90. The maximum absolute atomic E-state index is 12.9. The monoisotopic (exact) mass is 430 g/mol. The van der Waals surface area contributed by atoms with Gasteiger partial charge in [0.25, 0.3) is 5.56 Å². The number of primary amides is 1. The van der Waals surface area contributed by atoms with Crippen LogP contribution in [-0.4, -0.2) is 49.0 Å². The number of rotatable bonds is 6. The van der Waals surface area contributed by atoms with E-state index in [2.05, 4.69) is 24.0 Å². The number of likely N-dealkylation sites (tertiary alicyclic amines) is 1. The highest BCUT2D eigenvalue weighted by molar-refractivity contribution is 7.17. The van der Waals surface area contributed by atoms with Gasteiger partial charge in [0.15, 0.2) is 0 Å². The molecule has 0 aliphatic carbocycles. The molecule has 9 nitrogen and oxygen atoms in total. The fourth-order valence-corrected chi connectivity index (χ4v) is 4.89. The molecule has 1 saturated heterocycles. The average molecular weight is 431 g/mol. The Morgan fingerprint density at radius 1 is 1.27 bits per heavy atom. The number of hydrogen-bond donors (Lipinski definition) is 1. The van der Waals surface area contributed by atoms with Crippen LogP contribution in [0.3, 0.4) is 0 Å². The number of amides is 2. The van der Waals surface area contributed by atoms with Crippen LogP contribution in [0.25, 0.3) is 16.0 Å². The predicted octanol–water partition coefficient (Wildman–Crippen LogP) is 1.42. The minimum Gasteiger partial charge on any atom is -0.369 e. The molecule has 3 aromatic heterocycles. The lowest BCUT2D eigenvalue weighted by Gasteiger charge is -2.30. The molecule has 4 rings (SSSR count). The van der Waals surface area contributed by atoms with E-state index < -0.39 is 0 Å². The van der Waals surface area contributed by atoms with Gasteiger partial charge < -0.3 is 10.6 Å². The Hall–Kier alpha value is -2.75. The van der Waals surface area contributed by atoms with E-state index in [1.807, 2.05) is 15.8 Å². The second-order valence-corrected chi connectivity index (χ2v) is 9.17. The summed E-state index contributed by atoms with van der Waals surface area (Å²) in [5, 5.41) is 10.5. The van der Waals surface area contributed by atoms with E-state index in [-0.39, 0.29) is 29.2 Å². The molecular weight excluding hydrogens is 404 g/mol. The van der Waals surface area contributed by atoms with Crippen molar-refractivity contribution in [3.8, 4) is 0 Å². The van der Waals surface area contributed by atoms with Gasteiger partial charge in [-0.05, 0) is 30.2 Å². The van der Waals surface area contributed by atoms with Crippen molar-refractivity contribution < 1.29 is 9.59 Å². The van der Waals surface area contributed by atoms with E-state index in [4.69, 9.17) is 5.73 Å². The lowest BCUT2D eigenvalue weighted by atomic mass is 9.96. The van der Waals surface area contributed by atoms with Crippen molar-refractivity contribution in [2.24, 2.45) is 17.6 Å².